The number of ether oxygens (including phenoxy) is 10. The van der Waals surface area contributed by atoms with Crippen molar-refractivity contribution in [3.63, 3.8) is 0 Å². The molecule has 147 heavy (non-hydrogen) atoms. The molecule has 0 amide bonds. The van der Waals surface area contributed by atoms with Crippen LogP contribution < -0.4 is 0 Å². The maximum Gasteiger partial charge on any atom is 0.397 e. The topological polar surface area (TPSA) is 1110 Å². The first kappa shape index (κ1) is 128. The van der Waals surface area contributed by atoms with E-state index in [0.29, 0.717) is 37.0 Å². The fourth-order valence-electron chi connectivity index (χ4n) is 19.9. The third kappa shape index (κ3) is 39.3. The quantitative estimate of drug-likeness (QED) is 0.0199. The molecule has 1 unspecified atom stereocenters. The average molecular weight is 2480 g/mol. The molecule has 0 bridgehead atoms. The van der Waals surface area contributed by atoms with Crippen molar-refractivity contribution in [2.45, 2.75) is 271 Å². The minimum absolute atomic E-state index is 0.00740. The molecule has 74 nitrogen and oxygen atoms in total. The Labute approximate surface area is 838 Å². The summed E-state index contributed by atoms with van der Waals surface area (Å²) in [7, 11) is -106. The van der Waals surface area contributed by atoms with Crippen molar-refractivity contribution >= 4 is 166 Å². The Bertz CT molecular complexity index is 6580. The molecule has 34 atom stereocenters. The van der Waals surface area contributed by atoms with Crippen LogP contribution in [0.1, 0.15) is 112 Å². The Morgan fingerprint density at radius 1 is 0.252 bits per heavy atom. The lowest BCUT2D eigenvalue weighted by atomic mass is 9.44. The molecule has 5 saturated heterocycles. The molecule has 9 aliphatic rings. The highest BCUT2D eigenvalue weighted by molar-refractivity contribution is 7.84. The molecule has 0 spiro atoms. The molecule has 16 N–H and O–H groups in total. The van der Waals surface area contributed by atoms with Crippen molar-refractivity contribution in [1.82, 2.24) is 0 Å². The van der Waals surface area contributed by atoms with Gasteiger partial charge in [0.25, 0.3) is 0 Å². The summed E-state index contributed by atoms with van der Waals surface area (Å²) in [5.74, 6) is 1.19. The maximum absolute atomic E-state index is 13.7. The van der Waals surface area contributed by atoms with Crippen LogP contribution in [0.25, 0.3) is 0 Å². The zero-order valence-electron chi connectivity index (χ0n) is 74.4. The molecule has 4 aliphatic carbocycles. The van der Waals surface area contributed by atoms with Gasteiger partial charge in [0.05, 0.1) is 39.1 Å². The average Bonchev–Trinajstić information content (AvgIpc) is 1.13. The molecule has 0 aromatic heterocycles. The first-order chi connectivity index (χ1) is 66.2. The first-order valence-electron chi connectivity index (χ1n) is 41.1. The highest BCUT2D eigenvalue weighted by atomic mass is 32.3. The highest BCUT2D eigenvalue weighted by Crippen LogP contribution is 2.69. The first-order valence-corrected chi connectivity index (χ1v) is 62.9. The lowest BCUT2D eigenvalue weighted by molar-refractivity contribution is -0.386. The van der Waals surface area contributed by atoms with Crippen molar-refractivity contribution in [1.29, 1.82) is 0 Å². The minimum atomic E-state index is -7.15. The van der Waals surface area contributed by atoms with Crippen LogP contribution in [-0.2, 0) is 281 Å². The molecule has 90 heteroatoms. The zero-order valence-corrected chi connectivity index (χ0v) is 87.5. The Morgan fingerprint density at radius 3 is 0.741 bits per heavy atom. The second-order valence-electron chi connectivity index (χ2n) is 34.8. The van der Waals surface area contributed by atoms with Crippen LogP contribution in [0.2, 0.25) is 0 Å². The molecule has 4 saturated carbocycles. The standard InChI is InChI=1S/C57H98O74S16/c1-23(2)7-6-8-24(3)28-11-12-29-27-10-9-25-17-26(13-15-56(25,4)30(27)14-16-57(28,29)5)111-51-46(127-143(91,92)93)41(36(121-137(73,74)75)31(112-51)18-106-132(58,59)60)117-52-47(128-144(94,95)96)42(37(122-138(76,77)78)32(113-52)19-107-133(61,62)63)118-53-48(129-145(97,98)99)43(38(123-139(79,80)81)33(114-53)20-108-134(64,65)66)119-54-49(130-146(100,101)102)44(39(124-140(82,83)84)34(115-54)21-109-135(67,68)69)120-55-50(131-147(103,104)105)45(126-142(88,89)90)40(125-141(85,86)87)35(116-55)22-110-136(70,71)72/h23-55H,6-22H2,1-5H3,(H,58,59,60)(H,61,62,63)(H,64,65,66)(H,67,68,69)(H,70,71,72)(H,73,74,75)(H,76,77,78)(H,79,80,81)(H,82,83,84)(H,85,86,87)(H,88,89,90)(H,91,92,93)(H,94,95,96)(H,97,98,99)(H,100,101,102)(H,103,104,105)/t24?,25-,26-,27-,28+,29-,30-,31+,32+,33+,34+,35+,36+,37+,38+,39+,40+,41-,42-,43-,44-,45-,46+,47+,48+,49+,50+,51+,52-,53-,54-,55-,56-,57+/m0/s1. The lowest BCUT2D eigenvalue weighted by Gasteiger charge is -2.61. The van der Waals surface area contributed by atoms with Crippen LogP contribution in [0, 0.1) is 52.3 Å². The van der Waals surface area contributed by atoms with Crippen molar-refractivity contribution in [2.75, 3.05) is 33.0 Å². The summed E-state index contributed by atoms with van der Waals surface area (Å²) in [5, 5.41) is 0. The smallest absolute Gasteiger partial charge is 0.347 e. The summed E-state index contributed by atoms with van der Waals surface area (Å²) >= 11 is 0. The van der Waals surface area contributed by atoms with E-state index in [2.05, 4.69) is 82.1 Å². The summed E-state index contributed by atoms with van der Waals surface area (Å²) in [4.78, 5) is 0. The third-order valence-corrected chi connectivity index (χ3v) is 32.0. The molecule has 0 aromatic rings. The Morgan fingerprint density at radius 2 is 0.483 bits per heavy atom. The normalized spacial score (nSPS) is 36.7. The van der Waals surface area contributed by atoms with Crippen molar-refractivity contribution in [3.8, 4) is 0 Å². The van der Waals surface area contributed by atoms with E-state index in [-0.39, 0.29) is 42.4 Å². The van der Waals surface area contributed by atoms with Crippen LogP contribution in [-0.4, -0.2) is 400 Å². The highest BCUT2D eigenvalue weighted by Gasteiger charge is 2.67. The van der Waals surface area contributed by atoms with E-state index in [1.165, 1.54) is 0 Å². The van der Waals surface area contributed by atoms with Crippen LogP contribution in [0.5, 0.6) is 0 Å². The van der Waals surface area contributed by atoms with Gasteiger partial charge >= 0.3 is 166 Å². The monoisotopic (exact) mass is 2480 g/mol. The van der Waals surface area contributed by atoms with Crippen LogP contribution in [0.15, 0.2) is 0 Å². The summed E-state index contributed by atoms with van der Waals surface area (Å²) in [6, 6.07) is 0. The maximum atomic E-state index is 13.7. The number of hydrogen-bond acceptors (Lipinski definition) is 58. The van der Waals surface area contributed by atoms with Gasteiger partial charge in [0, 0.05) is 0 Å². The van der Waals surface area contributed by atoms with E-state index in [9.17, 15) is 208 Å². The van der Waals surface area contributed by atoms with Gasteiger partial charge in [-0.3, -0.25) is 72.8 Å². The summed E-state index contributed by atoms with van der Waals surface area (Å²) in [5.41, 5.74) is -0.663. The fourth-order valence-corrected chi connectivity index (χ4v) is 26.9. The fraction of sp³-hybridized carbons (Fsp3) is 1.00. The molecule has 0 aromatic carbocycles. The molecule has 5 aliphatic heterocycles. The van der Waals surface area contributed by atoms with E-state index in [1.807, 2.05) is 6.92 Å². The lowest BCUT2D eigenvalue weighted by Crippen LogP contribution is -2.70. The molecule has 9 fully saturated rings. The molecule has 5 heterocycles. The van der Waals surface area contributed by atoms with Crippen LogP contribution in [0.4, 0.5) is 0 Å². The van der Waals surface area contributed by atoms with E-state index >= 15 is 0 Å². The summed E-state index contributed by atoms with van der Waals surface area (Å²) < 4.78 is 704. The van der Waals surface area contributed by atoms with E-state index in [1.54, 1.807) is 0 Å². The Hall–Kier alpha value is -2.48. The molecular weight excluding hydrogens is 2380 g/mol. The predicted molar refractivity (Wildman–Crippen MR) is 449 cm³/mol. The van der Waals surface area contributed by atoms with Crippen LogP contribution in [0.3, 0.4) is 0 Å². The van der Waals surface area contributed by atoms with Gasteiger partial charge in [0.2, 0.25) is 0 Å². The van der Waals surface area contributed by atoms with Crippen molar-refractivity contribution in [3.05, 3.63) is 0 Å². The van der Waals surface area contributed by atoms with Gasteiger partial charge in [-0.05, 0) is 110 Å². The summed E-state index contributed by atoms with van der Waals surface area (Å²) in [6.45, 7) is -1.19. The third-order valence-electron chi connectivity index (χ3n) is 24.7. The Kier molecular flexibility index (Phi) is 41.4. The van der Waals surface area contributed by atoms with Crippen molar-refractivity contribution < 1.29 is 322 Å². The van der Waals surface area contributed by atoms with Gasteiger partial charge in [0.15, 0.2) is 62.0 Å². The second kappa shape index (κ2) is 47.6. The van der Waals surface area contributed by atoms with Gasteiger partial charge in [0.1, 0.15) is 91.6 Å². The molecule has 9 rings (SSSR count). The largest absolute Gasteiger partial charge is 0.397 e. The number of rotatable bonds is 52. The van der Waals surface area contributed by atoms with Gasteiger partial charge in [-0.15, -0.1) is 0 Å². The molecule has 866 valence electrons. The molecule has 0 radical (unpaired) electrons. The van der Waals surface area contributed by atoms with Gasteiger partial charge < -0.3 is 47.4 Å². The molecular formula is C57H98O74S16. The van der Waals surface area contributed by atoms with Gasteiger partial charge in [-0.25, -0.2) is 66.9 Å². The number of fused-ring (bicyclic) bond motifs is 5. The van der Waals surface area contributed by atoms with Gasteiger partial charge in [-0.1, -0.05) is 53.9 Å². The van der Waals surface area contributed by atoms with E-state index in [0.717, 1.165) is 38.5 Å². The SMILES string of the molecule is CC(C)CCCC(C)[C@H]1CC[C@H]2[C@@H]3CC[C@H]4C[C@@H](O[C@@H]5O[C@H](COS(=O)(=O)O)[C@@H](OS(=O)(=O)O)[C@H](O[C@@H]6O[C@H](COS(=O)(=O)O)[C@@H](OS(=O)(=O)O)[C@H](O[C@@H]7O[C@H](COS(=O)(=O)O)[C@@H](OS(=O)(=O)O)[C@H](O[C@@H]8O[C@H](COS(=O)(=O)O)[C@@H](OS(=O)(=O)O)[C@H](O[C@@H]9O[C@H](COS(=O)(=O)O)[C@@H](OS(=O)(=O)O)[C@H](OS(=O)(=O)O)[C@H]9OS(=O)(=O)O)[C@H]8OS(=O)(=O)O)[C@H]7OS(=O)(=O)O)[C@H]6OS(=O)(=O)O)[C@H]5OS(=O)(=O)O)CC[C@]4(C)[C@H]3CC[C@]12C. The van der Waals surface area contributed by atoms with E-state index < -0.39 is 370 Å². The van der Waals surface area contributed by atoms with Crippen molar-refractivity contribution in [2.24, 2.45) is 52.3 Å². The predicted octanol–water partition coefficient (Wildman–Crippen LogP) is -6.18. The zero-order chi connectivity index (χ0) is 111. The Balaban J connectivity index is 1.27. The second-order valence-corrected chi connectivity index (χ2v) is 51.8. The minimum Gasteiger partial charge on any atom is -0.347 e. The van der Waals surface area contributed by atoms with Crippen LogP contribution >= 0.6 is 0 Å². The number of hydrogen-bond donors (Lipinski definition) is 16. The summed E-state index contributed by atoms with van der Waals surface area (Å²) in [6.07, 6.45) is -89.7. The van der Waals surface area contributed by atoms with Gasteiger partial charge in [-0.2, -0.15) is 135 Å². The van der Waals surface area contributed by atoms with E-state index in [4.69, 9.17) is 59.9 Å².